The Kier molecular flexibility index (Phi) is 3.40. The van der Waals surface area contributed by atoms with E-state index in [-0.39, 0.29) is 0 Å². The van der Waals surface area contributed by atoms with E-state index in [1.807, 2.05) is 18.0 Å². The van der Waals surface area contributed by atoms with Gasteiger partial charge in [-0.3, -0.25) is 4.98 Å². The average molecular weight is 232 g/mol. The summed E-state index contributed by atoms with van der Waals surface area (Å²) in [5, 5.41) is 0.617. The zero-order valence-electron chi connectivity index (χ0n) is 6.54. The zero-order chi connectivity index (χ0) is 8.27. The Bertz CT molecular complexity index is 237. The van der Waals surface area contributed by atoms with Gasteiger partial charge in [0.25, 0.3) is 0 Å². The van der Waals surface area contributed by atoms with Crippen molar-refractivity contribution in [3.63, 3.8) is 0 Å². The van der Waals surface area contributed by atoms with Crippen LogP contribution in [0.4, 0.5) is 0 Å². The third-order valence-electron chi connectivity index (χ3n) is 1.05. The molecule has 1 nitrogen and oxygen atoms in total. The van der Waals surface area contributed by atoms with E-state index < -0.39 is 0 Å². The molecule has 0 spiro atoms. The van der Waals surface area contributed by atoms with Crippen molar-refractivity contribution < 1.29 is 0 Å². The Morgan fingerprint density at radius 1 is 1.45 bits per heavy atom. The molecule has 0 atom stereocenters. The van der Waals surface area contributed by atoms with E-state index in [9.17, 15) is 0 Å². The summed E-state index contributed by atoms with van der Waals surface area (Å²) in [6.45, 7) is 4.34. The van der Waals surface area contributed by atoms with Gasteiger partial charge >= 0.3 is 0 Å². The normalized spacial score (nSPS) is 10.5. The summed E-state index contributed by atoms with van der Waals surface area (Å²) in [4.78, 5) is 5.29. The highest BCUT2D eigenvalue weighted by Crippen LogP contribution is 2.23. The largest absolute Gasteiger partial charge is 0.262 e. The molecule has 11 heavy (non-hydrogen) atoms. The second-order valence-corrected chi connectivity index (χ2v) is 5.07. The number of thioether (sulfide) groups is 1. The molecule has 0 aliphatic rings. The Morgan fingerprint density at radius 3 is 2.73 bits per heavy atom. The van der Waals surface area contributed by atoms with Crippen molar-refractivity contribution in [3.8, 4) is 0 Å². The van der Waals surface area contributed by atoms with Gasteiger partial charge in [0.05, 0.1) is 0 Å². The van der Waals surface area contributed by atoms with Crippen molar-refractivity contribution in [1.29, 1.82) is 0 Å². The van der Waals surface area contributed by atoms with E-state index in [1.165, 1.54) is 4.90 Å². The minimum Gasteiger partial charge on any atom is -0.262 e. The fraction of sp³-hybridized carbons (Fsp3) is 0.375. The van der Waals surface area contributed by atoms with Crippen molar-refractivity contribution in [1.82, 2.24) is 4.98 Å². The predicted octanol–water partition coefficient (Wildman–Crippen LogP) is 3.34. The van der Waals surface area contributed by atoms with Gasteiger partial charge in [-0.2, -0.15) is 0 Å². The lowest BCUT2D eigenvalue weighted by Gasteiger charge is -2.03. The van der Waals surface area contributed by atoms with Crippen LogP contribution in [0.3, 0.4) is 0 Å². The van der Waals surface area contributed by atoms with E-state index >= 15 is 0 Å². The first kappa shape index (κ1) is 9.07. The molecule has 0 aliphatic carbocycles. The predicted molar refractivity (Wildman–Crippen MR) is 52.9 cm³/mol. The van der Waals surface area contributed by atoms with Crippen molar-refractivity contribution in [2.45, 2.75) is 24.0 Å². The highest BCUT2D eigenvalue weighted by Gasteiger charge is 1.98. The van der Waals surface area contributed by atoms with Crippen molar-refractivity contribution >= 4 is 27.7 Å². The first-order valence-electron chi connectivity index (χ1n) is 3.45. The molecule has 3 heteroatoms. The minimum atomic E-state index is 0.617. The Hall–Kier alpha value is -0.0200. The maximum Gasteiger partial charge on any atom is 0.0411 e. The van der Waals surface area contributed by atoms with E-state index in [4.69, 9.17) is 0 Å². The summed E-state index contributed by atoms with van der Waals surface area (Å²) in [5.41, 5.74) is 0. The van der Waals surface area contributed by atoms with Crippen LogP contribution in [0.5, 0.6) is 0 Å². The topological polar surface area (TPSA) is 12.9 Å². The number of aromatic nitrogens is 1. The molecule has 1 aromatic heterocycles. The van der Waals surface area contributed by atoms with Crippen molar-refractivity contribution in [2.24, 2.45) is 0 Å². The van der Waals surface area contributed by atoms with Crippen LogP contribution in [0.2, 0.25) is 0 Å². The molecular formula is C8H10BrNS. The second kappa shape index (κ2) is 4.12. The third kappa shape index (κ3) is 3.25. The fourth-order valence-corrected chi connectivity index (χ4v) is 2.11. The molecule has 0 aromatic carbocycles. The summed E-state index contributed by atoms with van der Waals surface area (Å²) in [6, 6.07) is 2.08. The number of pyridine rings is 1. The molecule has 0 amide bonds. The minimum absolute atomic E-state index is 0.617. The van der Waals surface area contributed by atoms with E-state index in [1.54, 1.807) is 6.20 Å². The van der Waals surface area contributed by atoms with Gasteiger partial charge < -0.3 is 0 Å². The van der Waals surface area contributed by atoms with Gasteiger partial charge in [0, 0.05) is 27.0 Å². The lowest BCUT2D eigenvalue weighted by molar-refractivity contribution is 1.10. The molecule has 0 saturated carbocycles. The van der Waals surface area contributed by atoms with Gasteiger partial charge in [-0.25, -0.2) is 0 Å². The van der Waals surface area contributed by atoms with Gasteiger partial charge in [-0.05, 0) is 22.0 Å². The number of nitrogens with zero attached hydrogens (tertiary/aromatic N) is 1. The molecule has 0 unspecified atom stereocenters. The van der Waals surface area contributed by atoms with Gasteiger partial charge in [0.15, 0.2) is 0 Å². The Morgan fingerprint density at radius 2 is 2.18 bits per heavy atom. The maximum atomic E-state index is 4.07. The molecule has 60 valence electrons. The van der Waals surface area contributed by atoms with E-state index in [2.05, 4.69) is 40.8 Å². The van der Waals surface area contributed by atoms with Crippen LogP contribution in [0.15, 0.2) is 27.8 Å². The summed E-state index contributed by atoms with van der Waals surface area (Å²) >= 11 is 5.20. The highest BCUT2D eigenvalue weighted by atomic mass is 79.9. The van der Waals surface area contributed by atoms with Gasteiger partial charge in [-0.1, -0.05) is 13.8 Å². The van der Waals surface area contributed by atoms with Crippen LogP contribution < -0.4 is 0 Å². The number of hydrogen-bond donors (Lipinski definition) is 0. The van der Waals surface area contributed by atoms with Crippen LogP contribution in [0.25, 0.3) is 0 Å². The van der Waals surface area contributed by atoms with Gasteiger partial charge in [0.2, 0.25) is 0 Å². The maximum absolute atomic E-state index is 4.07. The van der Waals surface area contributed by atoms with E-state index in [0.29, 0.717) is 5.25 Å². The Labute approximate surface area is 79.7 Å². The molecule has 0 radical (unpaired) electrons. The average Bonchev–Trinajstić information content (AvgIpc) is 1.85. The zero-order valence-corrected chi connectivity index (χ0v) is 8.95. The molecule has 0 N–H and O–H groups in total. The summed E-state index contributed by atoms with van der Waals surface area (Å²) in [7, 11) is 0. The number of rotatable bonds is 2. The van der Waals surface area contributed by atoms with Crippen LogP contribution in [-0.4, -0.2) is 10.2 Å². The molecular weight excluding hydrogens is 222 g/mol. The van der Waals surface area contributed by atoms with E-state index in [0.717, 1.165) is 4.47 Å². The van der Waals surface area contributed by atoms with Crippen LogP contribution in [0.1, 0.15) is 13.8 Å². The number of halogens is 1. The monoisotopic (exact) mass is 231 g/mol. The van der Waals surface area contributed by atoms with Crippen molar-refractivity contribution in [3.05, 3.63) is 22.9 Å². The van der Waals surface area contributed by atoms with Crippen LogP contribution >= 0.6 is 27.7 Å². The van der Waals surface area contributed by atoms with Gasteiger partial charge in [-0.15, -0.1) is 11.8 Å². The highest BCUT2D eigenvalue weighted by molar-refractivity contribution is 9.10. The number of hydrogen-bond acceptors (Lipinski definition) is 2. The van der Waals surface area contributed by atoms with Gasteiger partial charge in [0.1, 0.15) is 0 Å². The standard InChI is InChI=1S/C8H10BrNS/c1-6(2)11-8-3-7(9)4-10-5-8/h3-6H,1-2H3. The Balaban J connectivity index is 2.71. The molecule has 1 rings (SSSR count). The lowest BCUT2D eigenvalue weighted by Crippen LogP contribution is -1.86. The van der Waals surface area contributed by atoms with Crippen molar-refractivity contribution in [2.75, 3.05) is 0 Å². The summed E-state index contributed by atoms with van der Waals surface area (Å²) < 4.78 is 1.04. The lowest BCUT2D eigenvalue weighted by atomic mass is 10.5. The SMILES string of the molecule is CC(C)Sc1cncc(Br)c1. The first-order valence-corrected chi connectivity index (χ1v) is 5.13. The molecule has 1 heterocycles. The second-order valence-electron chi connectivity index (χ2n) is 2.51. The third-order valence-corrected chi connectivity index (χ3v) is 2.45. The quantitative estimate of drug-likeness (QED) is 0.725. The summed E-state index contributed by atoms with van der Waals surface area (Å²) in [6.07, 6.45) is 3.68. The smallest absolute Gasteiger partial charge is 0.0411 e. The van der Waals surface area contributed by atoms with Crippen LogP contribution in [-0.2, 0) is 0 Å². The molecule has 0 aliphatic heterocycles. The fourth-order valence-electron chi connectivity index (χ4n) is 0.729. The van der Waals surface area contributed by atoms with Crippen LogP contribution in [0, 0.1) is 0 Å². The molecule has 0 fully saturated rings. The molecule has 0 saturated heterocycles. The molecule has 0 bridgehead atoms. The first-order chi connectivity index (χ1) is 5.18. The summed E-state index contributed by atoms with van der Waals surface area (Å²) in [5.74, 6) is 0. The molecule has 1 aromatic rings.